The van der Waals surface area contributed by atoms with Crippen molar-refractivity contribution < 1.29 is 17.9 Å². The summed E-state index contributed by atoms with van der Waals surface area (Å²) in [5.74, 6) is 0.297. The number of ketones is 1. The van der Waals surface area contributed by atoms with Crippen molar-refractivity contribution in [2.45, 2.75) is 38.2 Å². The second-order valence-electron chi connectivity index (χ2n) is 9.23. The molecule has 1 fully saturated rings. The second kappa shape index (κ2) is 8.18. The van der Waals surface area contributed by atoms with Gasteiger partial charge in [-0.3, -0.25) is 9.52 Å². The minimum Gasteiger partial charge on any atom is -0.486 e. The molecule has 0 aliphatic carbocycles. The van der Waals surface area contributed by atoms with E-state index in [0.29, 0.717) is 23.4 Å². The van der Waals surface area contributed by atoms with E-state index in [0.717, 1.165) is 49.8 Å². The van der Waals surface area contributed by atoms with Gasteiger partial charge in [0, 0.05) is 35.5 Å². The zero-order chi connectivity index (χ0) is 23.2. The van der Waals surface area contributed by atoms with Crippen LogP contribution in [0.25, 0.3) is 10.9 Å². The van der Waals surface area contributed by atoms with Gasteiger partial charge in [-0.15, -0.1) is 0 Å². The average molecular weight is 468 g/mol. The lowest BCUT2D eigenvalue weighted by Crippen LogP contribution is -2.56. The van der Waals surface area contributed by atoms with E-state index < -0.39 is 15.6 Å². The van der Waals surface area contributed by atoms with Crippen LogP contribution >= 0.6 is 0 Å². The number of piperidine rings is 1. The van der Waals surface area contributed by atoms with Gasteiger partial charge in [-0.1, -0.05) is 18.2 Å². The summed E-state index contributed by atoms with van der Waals surface area (Å²) in [7, 11) is -3.42. The highest BCUT2D eigenvalue weighted by Gasteiger charge is 2.49. The van der Waals surface area contributed by atoms with Gasteiger partial charge in [-0.25, -0.2) is 8.42 Å². The van der Waals surface area contributed by atoms with E-state index >= 15 is 0 Å². The van der Waals surface area contributed by atoms with Gasteiger partial charge in [-0.05, 0) is 56.6 Å². The van der Waals surface area contributed by atoms with Gasteiger partial charge >= 0.3 is 0 Å². The van der Waals surface area contributed by atoms with E-state index in [-0.39, 0.29) is 11.7 Å². The Balaban J connectivity index is 1.48. The summed E-state index contributed by atoms with van der Waals surface area (Å²) in [4.78, 5) is 17.2. The number of H-pyrrole nitrogens is 1. The lowest BCUT2D eigenvalue weighted by Gasteiger charge is -2.46. The Morgan fingerprint density at radius 1 is 1.15 bits per heavy atom. The molecule has 0 bridgehead atoms. The van der Waals surface area contributed by atoms with E-state index in [1.807, 2.05) is 12.1 Å². The van der Waals surface area contributed by atoms with Crippen LogP contribution in [-0.2, 0) is 16.4 Å². The number of hydrogen-bond acceptors (Lipinski definition) is 5. The van der Waals surface area contributed by atoms with Crippen molar-refractivity contribution in [1.82, 2.24) is 10.3 Å². The molecule has 174 valence electrons. The van der Waals surface area contributed by atoms with Gasteiger partial charge in [0.15, 0.2) is 5.78 Å². The normalized spacial score (nSPS) is 19.9. The first-order chi connectivity index (χ1) is 15.8. The fourth-order valence-electron chi connectivity index (χ4n) is 5.44. The Bertz CT molecular complexity index is 1320. The molecule has 0 saturated carbocycles. The Labute approximate surface area is 194 Å². The molecule has 2 aromatic carbocycles. The van der Waals surface area contributed by atoms with Gasteiger partial charge in [-0.2, -0.15) is 0 Å². The fourth-order valence-corrected chi connectivity index (χ4v) is 6.00. The van der Waals surface area contributed by atoms with E-state index in [9.17, 15) is 13.2 Å². The Morgan fingerprint density at radius 3 is 2.67 bits per heavy atom. The van der Waals surface area contributed by atoms with Crippen LogP contribution in [-0.4, -0.2) is 44.1 Å². The van der Waals surface area contributed by atoms with Crippen molar-refractivity contribution in [2.75, 3.05) is 24.1 Å². The number of hydrogen-bond donors (Lipinski definition) is 3. The molecular formula is C25H29N3O4S. The van der Waals surface area contributed by atoms with Crippen LogP contribution in [0.4, 0.5) is 5.69 Å². The third-order valence-electron chi connectivity index (χ3n) is 6.98. The third-order valence-corrected chi connectivity index (χ3v) is 7.58. The number of sulfonamides is 1. The summed E-state index contributed by atoms with van der Waals surface area (Å²) in [6.07, 6.45) is 4.06. The fraction of sp³-hybridized carbons (Fsp3) is 0.400. The van der Waals surface area contributed by atoms with Gasteiger partial charge in [0.2, 0.25) is 10.0 Å². The molecular weight excluding hydrogens is 438 g/mol. The molecule has 2 aliphatic heterocycles. The van der Waals surface area contributed by atoms with Crippen molar-refractivity contribution in [3.05, 3.63) is 59.3 Å². The summed E-state index contributed by atoms with van der Waals surface area (Å²) in [5, 5.41) is 4.58. The quantitative estimate of drug-likeness (QED) is 0.530. The molecule has 7 nitrogen and oxygen atoms in total. The lowest BCUT2D eigenvalue weighted by molar-refractivity contribution is -0.0232. The highest BCUT2D eigenvalue weighted by molar-refractivity contribution is 7.92. The molecule has 8 heteroatoms. The number of carbonyl (C=O) groups excluding carboxylic acids is 1. The first-order valence-electron chi connectivity index (χ1n) is 11.4. The number of nitrogens with one attached hydrogen (secondary N) is 3. The summed E-state index contributed by atoms with van der Waals surface area (Å²) in [6, 6.07) is 13.2. The monoisotopic (exact) mass is 467 g/mol. The smallest absolute Gasteiger partial charge is 0.229 e. The zero-order valence-electron chi connectivity index (χ0n) is 18.9. The Kier molecular flexibility index (Phi) is 5.45. The number of Topliss-reactive ketones (excluding diaryl/α,β-unsaturated/α-hetero) is 1. The van der Waals surface area contributed by atoms with Crippen molar-refractivity contribution in [1.29, 1.82) is 0 Å². The number of carbonyl (C=O) groups is 1. The predicted molar refractivity (Wildman–Crippen MR) is 130 cm³/mol. The summed E-state index contributed by atoms with van der Waals surface area (Å²) >= 11 is 0. The summed E-state index contributed by atoms with van der Waals surface area (Å²) in [5.41, 5.74) is 3.85. The Hall–Kier alpha value is -2.84. The van der Waals surface area contributed by atoms with Crippen LogP contribution in [0.15, 0.2) is 42.5 Å². The van der Waals surface area contributed by atoms with Crippen molar-refractivity contribution in [3.63, 3.8) is 0 Å². The van der Waals surface area contributed by atoms with E-state index in [1.165, 1.54) is 10.9 Å². The summed E-state index contributed by atoms with van der Waals surface area (Å²) < 4.78 is 32.4. The Morgan fingerprint density at radius 2 is 1.91 bits per heavy atom. The highest BCUT2D eigenvalue weighted by Crippen LogP contribution is 2.45. The minimum absolute atomic E-state index is 0.0848. The molecule has 3 N–H and O–H groups in total. The van der Waals surface area contributed by atoms with Gasteiger partial charge in [0.25, 0.3) is 0 Å². The molecule has 3 aromatic rings. The number of aryl methyl sites for hydroxylation is 2. The predicted octanol–water partition coefficient (Wildman–Crippen LogP) is 3.79. The van der Waals surface area contributed by atoms with E-state index in [1.54, 1.807) is 18.2 Å². The maximum atomic E-state index is 13.7. The maximum Gasteiger partial charge on any atom is 0.229 e. The molecule has 1 unspecified atom stereocenters. The molecule has 2 aliphatic rings. The van der Waals surface area contributed by atoms with Crippen LogP contribution in [0.5, 0.6) is 5.75 Å². The minimum atomic E-state index is -3.42. The standard InChI is InChI=1S/C25H29N3O4S/c1-16-18(19-5-3-4-6-22(19)27-16)9-10-21-24(29)20-8-7-17(28-33(2,30)31)15-23(20)32-25(21)11-13-26-14-12-25/h3-8,15,21,26-28H,9-14H2,1-2H3. The van der Waals surface area contributed by atoms with Gasteiger partial charge < -0.3 is 15.0 Å². The number of benzene rings is 2. The second-order valence-corrected chi connectivity index (χ2v) is 11.0. The number of fused-ring (bicyclic) bond motifs is 2. The number of anilines is 1. The summed E-state index contributed by atoms with van der Waals surface area (Å²) in [6.45, 7) is 3.65. The number of para-hydroxylation sites is 1. The first kappa shape index (κ1) is 22.0. The van der Waals surface area contributed by atoms with Crippen molar-refractivity contribution in [3.8, 4) is 5.75 Å². The lowest BCUT2D eigenvalue weighted by atomic mass is 9.71. The molecule has 1 spiro atoms. The van der Waals surface area contributed by atoms with Crippen LogP contribution in [0.2, 0.25) is 0 Å². The molecule has 0 amide bonds. The van der Waals surface area contributed by atoms with E-state index in [2.05, 4.69) is 34.1 Å². The topological polar surface area (TPSA) is 100 Å². The molecule has 3 heterocycles. The average Bonchev–Trinajstić information content (AvgIpc) is 3.08. The van der Waals surface area contributed by atoms with Gasteiger partial charge in [0.1, 0.15) is 11.4 Å². The number of aromatic nitrogens is 1. The van der Waals surface area contributed by atoms with Crippen LogP contribution in [0.1, 0.15) is 40.9 Å². The number of ether oxygens (including phenoxy) is 1. The highest BCUT2D eigenvalue weighted by atomic mass is 32.2. The number of rotatable bonds is 5. The van der Waals surface area contributed by atoms with Crippen LogP contribution in [0, 0.1) is 12.8 Å². The zero-order valence-corrected chi connectivity index (χ0v) is 19.7. The molecule has 1 aromatic heterocycles. The maximum absolute atomic E-state index is 13.7. The molecule has 5 rings (SSSR count). The molecule has 1 atom stereocenters. The molecule has 33 heavy (non-hydrogen) atoms. The van der Waals surface area contributed by atoms with Crippen molar-refractivity contribution >= 4 is 32.4 Å². The SMILES string of the molecule is Cc1[nH]c2ccccc2c1CCC1C(=O)c2ccc(NS(C)(=O)=O)cc2OC12CCNCC2. The largest absolute Gasteiger partial charge is 0.486 e. The first-order valence-corrected chi connectivity index (χ1v) is 13.3. The van der Waals surface area contributed by atoms with Crippen LogP contribution in [0.3, 0.4) is 0 Å². The van der Waals surface area contributed by atoms with Crippen molar-refractivity contribution in [2.24, 2.45) is 5.92 Å². The molecule has 0 radical (unpaired) electrons. The van der Waals surface area contributed by atoms with Crippen LogP contribution < -0.4 is 14.8 Å². The molecule has 1 saturated heterocycles. The van der Waals surface area contributed by atoms with Gasteiger partial charge in [0.05, 0.1) is 23.4 Å². The van der Waals surface area contributed by atoms with E-state index in [4.69, 9.17) is 4.74 Å². The number of aromatic amines is 1. The third kappa shape index (κ3) is 4.13.